The molecule has 2 rings (SSSR count). The van der Waals surface area contributed by atoms with E-state index >= 15 is 0 Å². The van der Waals surface area contributed by atoms with E-state index in [-0.39, 0.29) is 30.8 Å². The average molecular weight is 244 g/mol. The Kier molecular flexibility index (Phi) is 3.56. The van der Waals surface area contributed by atoms with Crippen LogP contribution in [0.25, 0.3) is 0 Å². The summed E-state index contributed by atoms with van der Waals surface area (Å²) in [6, 6.07) is 0. The van der Waals surface area contributed by atoms with Gasteiger partial charge in [0.2, 0.25) is 0 Å². The van der Waals surface area contributed by atoms with Gasteiger partial charge in [0, 0.05) is 13.0 Å². The molecule has 0 bridgehead atoms. The average Bonchev–Trinajstić information content (AvgIpc) is 2.75. The Labute approximate surface area is 101 Å². The van der Waals surface area contributed by atoms with Gasteiger partial charge < -0.3 is 24.1 Å². The fourth-order valence-corrected chi connectivity index (χ4v) is 2.44. The highest BCUT2D eigenvalue weighted by molar-refractivity contribution is 5.01. The zero-order valence-corrected chi connectivity index (χ0v) is 10.5. The molecule has 0 aromatic carbocycles. The Morgan fingerprint density at radius 1 is 1.41 bits per heavy atom. The number of aliphatic hydroxyl groups excluding tert-OH is 1. The van der Waals surface area contributed by atoms with Crippen LogP contribution in [0.5, 0.6) is 0 Å². The van der Waals surface area contributed by atoms with Gasteiger partial charge in [-0.3, -0.25) is 0 Å². The highest BCUT2D eigenvalue weighted by atomic mass is 16.8. The van der Waals surface area contributed by atoms with E-state index in [1.165, 1.54) is 0 Å². The van der Waals surface area contributed by atoms with Gasteiger partial charge in [-0.1, -0.05) is 6.08 Å². The molecule has 0 amide bonds. The van der Waals surface area contributed by atoms with Gasteiger partial charge in [-0.2, -0.15) is 0 Å². The summed E-state index contributed by atoms with van der Waals surface area (Å²) in [7, 11) is 1.57. The van der Waals surface area contributed by atoms with Crippen molar-refractivity contribution in [2.45, 2.75) is 44.2 Å². The van der Waals surface area contributed by atoms with E-state index in [0.717, 1.165) is 0 Å². The molecule has 0 aromatic heterocycles. The Hall–Kier alpha value is -0.460. The fourth-order valence-electron chi connectivity index (χ4n) is 2.44. The molecule has 0 aliphatic carbocycles. The Bertz CT molecular complexity index is 291. The number of hydrogen-bond acceptors (Lipinski definition) is 5. The lowest BCUT2D eigenvalue weighted by atomic mass is 9.98. The molecule has 5 heteroatoms. The van der Waals surface area contributed by atoms with Gasteiger partial charge in [0.15, 0.2) is 12.1 Å². The standard InChI is InChI=1S/C12H20O5/c1-5-7(6-13)8-9-10(11(14-4)15-8)17-12(2,3)16-9/h5,7-11,13H,1,6H2,2-4H3/t7-,8+,9+,10+,11+/m0/s1. The lowest BCUT2D eigenvalue weighted by Gasteiger charge is -2.26. The second-order valence-electron chi connectivity index (χ2n) is 4.85. The van der Waals surface area contributed by atoms with Gasteiger partial charge in [-0.05, 0) is 13.8 Å². The molecule has 2 aliphatic rings. The molecule has 98 valence electrons. The minimum Gasteiger partial charge on any atom is -0.396 e. The largest absolute Gasteiger partial charge is 0.396 e. The van der Waals surface area contributed by atoms with Crippen LogP contribution in [-0.2, 0) is 18.9 Å². The van der Waals surface area contributed by atoms with Crippen LogP contribution in [0.3, 0.4) is 0 Å². The molecule has 2 fully saturated rings. The van der Waals surface area contributed by atoms with Crippen LogP contribution in [0.2, 0.25) is 0 Å². The normalized spacial score (nSPS) is 41.2. The van der Waals surface area contributed by atoms with Crippen LogP contribution >= 0.6 is 0 Å². The van der Waals surface area contributed by atoms with Gasteiger partial charge >= 0.3 is 0 Å². The summed E-state index contributed by atoms with van der Waals surface area (Å²) in [5.41, 5.74) is 0. The Morgan fingerprint density at radius 3 is 2.59 bits per heavy atom. The fraction of sp³-hybridized carbons (Fsp3) is 0.833. The summed E-state index contributed by atoms with van der Waals surface area (Å²) < 4.78 is 22.5. The number of fused-ring (bicyclic) bond motifs is 1. The van der Waals surface area contributed by atoms with Crippen molar-refractivity contribution in [3.05, 3.63) is 12.7 Å². The zero-order valence-electron chi connectivity index (χ0n) is 10.5. The molecule has 2 saturated heterocycles. The molecule has 2 aliphatic heterocycles. The molecule has 1 N–H and O–H groups in total. The smallest absolute Gasteiger partial charge is 0.186 e. The topological polar surface area (TPSA) is 57.2 Å². The van der Waals surface area contributed by atoms with E-state index in [2.05, 4.69) is 6.58 Å². The predicted molar refractivity (Wildman–Crippen MR) is 60.3 cm³/mol. The van der Waals surface area contributed by atoms with E-state index in [9.17, 15) is 5.11 Å². The number of methoxy groups -OCH3 is 1. The molecule has 2 heterocycles. The Balaban J connectivity index is 2.17. The number of aliphatic hydroxyl groups is 1. The maximum atomic E-state index is 9.31. The molecule has 0 aromatic rings. The van der Waals surface area contributed by atoms with Crippen molar-refractivity contribution in [3.8, 4) is 0 Å². The van der Waals surface area contributed by atoms with E-state index < -0.39 is 12.1 Å². The minimum absolute atomic E-state index is 0.0301. The van der Waals surface area contributed by atoms with Crippen molar-refractivity contribution >= 4 is 0 Å². The summed E-state index contributed by atoms with van der Waals surface area (Å²) in [6.07, 6.45) is 0.447. The lowest BCUT2D eigenvalue weighted by molar-refractivity contribution is -0.231. The first-order chi connectivity index (χ1) is 8.02. The predicted octanol–water partition coefficient (Wildman–Crippen LogP) is 0.672. The van der Waals surface area contributed by atoms with Gasteiger partial charge in [0.1, 0.15) is 12.2 Å². The second kappa shape index (κ2) is 4.66. The van der Waals surface area contributed by atoms with Crippen molar-refractivity contribution in [3.63, 3.8) is 0 Å². The molecule has 17 heavy (non-hydrogen) atoms. The quantitative estimate of drug-likeness (QED) is 0.737. The first-order valence-electron chi connectivity index (χ1n) is 5.79. The van der Waals surface area contributed by atoms with Crippen LogP contribution < -0.4 is 0 Å². The van der Waals surface area contributed by atoms with Crippen LogP contribution in [0.15, 0.2) is 12.7 Å². The molecule has 5 atom stereocenters. The molecule has 5 nitrogen and oxygen atoms in total. The molecule has 0 saturated carbocycles. The van der Waals surface area contributed by atoms with E-state index in [1.54, 1.807) is 13.2 Å². The second-order valence-corrected chi connectivity index (χ2v) is 4.85. The van der Waals surface area contributed by atoms with Crippen molar-refractivity contribution in [1.82, 2.24) is 0 Å². The molecular formula is C12H20O5. The third kappa shape index (κ3) is 2.26. The van der Waals surface area contributed by atoms with Crippen LogP contribution in [-0.4, -0.2) is 49.2 Å². The molecular weight excluding hydrogens is 224 g/mol. The third-order valence-corrected chi connectivity index (χ3v) is 3.21. The summed E-state index contributed by atoms with van der Waals surface area (Å²) >= 11 is 0. The highest BCUT2D eigenvalue weighted by Gasteiger charge is 2.56. The van der Waals surface area contributed by atoms with Crippen LogP contribution in [0, 0.1) is 5.92 Å². The van der Waals surface area contributed by atoms with Gasteiger partial charge in [-0.25, -0.2) is 0 Å². The van der Waals surface area contributed by atoms with Gasteiger partial charge in [-0.15, -0.1) is 6.58 Å². The lowest BCUT2D eigenvalue weighted by Crippen LogP contribution is -2.36. The van der Waals surface area contributed by atoms with Crippen molar-refractivity contribution in [2.24, 2.45) is 5.92 Å². The summed E-state index contributed by atoms with van der Waals surface area (Å²) in [4.78, 5) is 0. The number of hydrogen-bond donors (Lipinski definition) is 1. The first kappa shape index (κ1) is 13.0. The molecule has 0 radical (unpaired) electrons. The first-order valence-corrected chi connectivity index (χ1v) is 5.79. The summed E-state index contributed by atoms with van der Waals surface area (Å²) in [6.45, 7) is 7.39. The Morgan fingerprint density at radius 2 is 2.06 bits per heavy atom. The monoisotopic (exact) mass is 244 g/mol. The molecule has 0 spiro atoms. The highest BCUT2D eigenvalue weighted by Crippen LogP contribution is 2.41. The van der Waals surface area contributed by atoms with Gasteiger partial charge in [0.25, 0.3) is 0 Å². The molecule has 0 unspecified atom stereocenters. The van der Waals surface area contributed by atoms with Gasteiger partial charge in [0.05, 0.1) is 12.7 Å². The number of rotatable bonds is 4. The van der Waals surface area contributed by atoms with Crippen molar-refractivity contribution in [2.75, 3.05) is 13.7 Å². The maximum Gasteiger partial charge on any atom is 0.186 e. The minimum atomic E-state index is -0.644. The van der Waals surface area contributed by atoms with E-state index in [4.69, 9.17) is 18.9 Å². The van der Waals surface area contributed by atoms with Crippen LogP contribution in [0.4, 0.5) is 0 Å². The third-order valence-electron chi connectivity index (χ3n) is 3.21. The van der Waals surface area contributed by atoms with E-state index in [0.29, 0.717) is 0 Å². The number of ether oxygens (including phenoxy) is 4. The SMILES string of the molecule is C=C[C@@H](CO)[C@H]1O[C@@H](OC)[C@@H]2OC(C)(C)O[C@@H]21. The van der Waals surface area contributed by atoms with E-state index in [1.807, 2.05) is 13.8 Å². The summed E-state index contributed by atoms with van der Waals surface area (Å²) in [5, 5.41) is 9.31. The summed E-state index contributed by atoms with van der Waals surface area (Å²) in [5.74, 6) is -0.824. The zero-order chi connectivity index (χ0) is 12.6. The van der Waals surface area contributed by atoms with Crippen molar-refractivity contribution in [1.29, 1.82) is 0 Å². The maximum absolute atomic E-state index is 9.31. The van der Waals surface area contributed by atoms with Crippen LogP contribution in [0.1, 0.15) is 13.8 Å². The van der Waals surface area contributed by atoms with Crippen molar-refractivity contribution < 1.29 is 24.1 Å².